The topological polar surface area (TPSA) is 88.3 Å². The second-order valence-electron chi connectivity index (χ2n) is 10.1. The van der Waals surface area contributed by atoms with Crippen molar-refractivity contribution < 1.29 is 19.4 Å². The van der Waals surface area contributed by atoms with E-state index in [9.17, 15) is 9.90 Å². The quantitative estimate of drug-likeness (QED) is 0.786. The van der Waals surface area contributed by atoms with Crippen molar-refractivity contribution in [1.82, 2.24) is 9.80 Å². The van der Waals surface area contributed by atoms with Gasteiger partial charge in [-0.2, -0.15) is 0 Å². The highest BCUT2D eigenvalue weighted by Crippen LogP contribution is 2.52. The van der Waals surface area contributed by atoms with Crippen LogP contribution in [0.3, 0.4) is 0 Å². The minimum Gasteiger partial charge on any atom is -0.444 e. The standard InChI is InChI=1S/C23H35N3O4/c1-16(24)23(22(28)14-25(15-22)20(27)30-21(2,3)4)12-8-11-19-26(23)18(13-29-19)17-9-6-5-7-10-17/h5-7,9-10,16,18-19,28H,8,11-15,24H2,1-4H3/t16?,18-,19+,23-/m1/s1. The summed E-state index contributed by atoms with van der Waals surface area (Å²) < 4.78 is 11.7. The van der Waals surface area contributed by atoms with Crippen LogP contribution in [-0.4, -0.2) is 69.7 Å². The summed E-state index contributed by atoms with van der Waals surface area (Å²) in [5.41, 5.74) is 5.43. The van der Waals surface area contributed by atoms with Gasteiger partial charge >= 0.3 is 6.09 Å². The van der Waals surface area contributed by atoms with Crippen LogP contribution >= 0.6 is 0 Å². The first-order valence-electron chi connectivity index (χ1n) is 11.0. The maximum Gasteiger partial charge on any atom is 0.410 e. The van der Waals surface area contributed by atoms with Crippen LogP contribution in [0.2, 0.25) is 0 Å². The largest absolute Gasteiger partial charge is 0.444 e. The average Bonchev–Trinajstić information content (AvgIpc) is 3.09. The zero-order valence-corrected chi connectivity index (χ0v) is 18.5. The zero-order chi connectivity index (χ0) is 21.7. The van der Waals surface area contributed by atoms with Crippen molar-refractivity contribution in [2.75, 3.05) is 19.7 Å². The molecular weight excluding hydrogens is 382 g/mol. The fraction of sp³-hybridized carbons (Fsp3) is 0.696. The van der Waals surface area contributed by atoms with Gasteiger partial charge in [-0.3, -0.25) is 4.90 Å². The average molecular weight is 418 g/mol. The molecule has 3 aliphatic heterocycles. The van der Waals surface area contributed by atoms with E-state index in [1.165, 1.54) is 5.56 Å². The Bertz CT molecular complexity index is 772. The maximum atomic E-state index is 12.5. The van der Waals surface area contributed by atoms with Crippen molar-refractivity contribution in [3.63, 3.8) is 0 Å². The van der Waals surface area contributed by atoms with Gasteiger partial charge in [0.05, 0.1) is 31.3 Å². The van der Waals surface area contributed by atoms with Crippen LogP contribution in [-0.2, 0) is 9.47 Å². The summed E-state index contributed by atoms with van der Waals surface area (Å²) in [5, 5.41) is 11.9. The Labute approximate surface area is 179 Å². The fourth-order valence-corrected chi connectivity index (χ4v) is 5.60. The molecule has 3 heterocycles. The van der Waals surface area contributed by atoms with E-state index in [1.54, 1.807) is 4.90 Å². The zero-order valence-electron chi connectivity index (χ0n) is 18.5. The van der Waals surface area contributed by atoms with E-state index in [4.69, 9.17) is 15.2 Å². The van der Waals surface area contributed by atoms with Crippen LogP contribution < -0.4 is 5.73 Å². The number of aliphatic hydroxyl groups is 1. The molecule has 3 saturated heterocycles. The minimum atomic E-state index is -1.11. The van der Waals surface area contributed by atoms with Gasteiger partial charge in [0.25, 0.3) is 0 Å². The molecule has 30 heavy (non-hydrogen) atoms. The Morgan fingerprint density at radius 1 is 1.30 bits per heavy atom. The third kappa shape index (κ3) is 3.42. The summed E-state index contributed by atoms with van der Waals surface area (Å²) in [7, 11) is 0. The molecule has 1 unspecified atom stereocenters. The Kier molecular flexibility index (Phi) is 5.37. The first-order chi connectivity index (χ1) is 14.1. The van der Waals surface area contributed by atoms with Crippen LogP contribution in [0.5, 0.6) is 0 Å². The number of piperidine rings is 1. The Hall–Kier alpha value is -1.67. The summed E-state index contributed by atoms with van der Waals surface area (Å²) in [5.74, 6) is 0. The van der Waals surface area contributed by atoms with E-state index >= 15 is 0 Å². The highest BCUT2D eigenvalue weighted by Gasteiger charge is 2.67. The second-order valence-corrected chi connectivity index (χ2v) is 10.1. The van der Waals surface area contributed by atoms with Gasteiger partial charge in [-0.15, -0.1) is 0 Å². The molecule has 1 aromatic carbocycles. The first-order valence-corrected chi connectivity index (χ1v) is 11.0. The van der Waals surface area contributed by atoms with Gasteiger partial charge in [-0.1, -0.05) is 30.3 Å². The molecule has 0 radical (unpaired) electrons. The molecule has 1 amide bonds. The van der Waals surface area contributed by atoms with Gasteiger partial charge in [-0.05, 0) is 52.5 Å². The van der Waals surface area contributed by atoms with E-state index < -0.39 is 22.8 Å². The molecule has 166 valence electrons. The summed E-state index contributed by atoms with van der Waals surface area (Å²) in [4.78, 5) is 16.4. The number of amides is 1. The lowest BCUT2D eigenvalue weighted by Gasteiger charge is -2.64. The lowest BCUT2D eigenvalue weighted by molar-refractivity contribution is -0.227. The molecule has 0 aromatic heterocycles. The number of fused-ring (bicyclic) bond motifs is 1. The van der Waals surface area contributed by atoms with E-state index in [-0.39, 0.29) is 31.4 Å². The van der Waals surface area contributed by atoms with Crippen LogP contribution in [0.15, 0.2) is 30.3 Å². The van der Waals surface area contributed by atoms with Crippen molar-refractivity contribution in [2.24, 2.45) is 5.73 Å². The summed E-state index contributed by atoms with van der Waals surface area (Å²) in [6.45, 7) is 8.52. The highest BCUT2D eigenvalue weighted by atomic mass is 16.6. The minimum absolute atomic E-state index is 0.0297. The Balaban J connectivity index is 1.64. The van der Waals surface area contributed by atoms with E-state index in [2.05, 4.69) is 17.0 Å². The lowest BCUT2D eigenvalue weighted by Crippen LogP contribution is -2.83. The summed E-state index contributed by atoms with van der Waals surface area (Å²) >= 11 is 0. The van der Waals surface area contributed by atoms with Crippen LogP contribution in [0, 0.1) is 0 Å². The summed E-state index contributed by atoms with van der Waals surface area (Å²) in [6.07, 6.45) is 2.15. The third-order valence-corrected chi connectivity index (χ3v) is 6.86. The van der Waals surface area contributed by atoms with Crippen molar-refractivity contribution in [3.8, 4) is 0 Å². The second kappa shape index (κ2) is 7.48. The number of nitrogens with zero attached hydrogens (tertiary/aromatic N) is 2. The number of β-amino-alcohol motifs (C(OH)–C–C–N with tert-alkyl or cyclic N) is 1. The smallest absolute Gasteiger partial charge is 0.410 e. The molecule has 0 aliphatic carbocycles. The molecule has 3 fully saturated rings. The van der Waals surface area contributed by atoms with Crippen LogP contribution in [0.25, 0.3) is 0 Å². The highest BCUT2D eigenvalue weighted by molar-refractivity contribution is 5.70. The number of likely N-dealkylation sites (tertiary alicyclic amines) is 1. The third-order valence-electron chi connectivity index (χ3n) is 6.86. The normalized spacial score (nSPS) is 32.3. The maximum absolute atomic E-state index is 12.5. The predicted octanol–water partition coefficient (Wildman–Crippen LogP) is 2.64. The molecular formula is C23H35N3O4. The SMILES string of the molecule is CC(N)[C@@]1(C2(O)CN(C(=O)OC(C)(C)C)C2)CCC[C@@H]2OC[C@H](c3ccccc3)N21. The molecule has 1 aromatic rings. The summed E-state index contributed by atoms with van der Waals surface area (Å²) in [6, 6.07) is 10.0. The number of hydrogen-bond donors (Lipinski definition) is 2. The lowest BCUT2D eigenvalue weighted by atomic mass is 9.64. The number of ether oxygens (including phenoxy) is 2. The van der Waals surface area contributed by atoms with Gasteiger partial charge in [0.1, 0.15) is 17.4 Å². The monoisotopic (exact) mass is 417 g/mol. The van der Waals surface area contributed by atoms with Gasteiger partial charge in [-0.25, -0.2) is 4.79 Å². The van der Waals surface area contributed by atoms with Gasteiger partial charge in [0, 0.05) is 6.04 Å². The van der Waals surface area contributed by atoms with Gasteiger partial charge in [0.2, 0.25) is 0 Å². The van der Waals surface area contributed by atoms with Crippen LogP contribution in [0.1, 0.15) is 58.6 Å². The van der Waals surface area contributed by atoms with Crippen molar-refractivity contribution in [2.45, 2.75) is 82.0 Å². The Morgan fingerprint density at radius 3 is 2.57 bits per heavy atom. The molecule has 4 atom stereocenters. The van der Waals surface area contributed by atoms with E-state index in [1.807, 2.05) is 45.9 Å². The van der Waals surface area contributed by atoms with E-state index in [0.29, 0.717) is 6.61 Å². The number of hydrogen-bond acceptors (Lipinski definition) is 6. The number of nitrogens with two attached hydrogens (primary N) is 1. The van der Waals surface area contributed by atoms with Crippen molar-refractivity contribution >= 4 is 6.09 Å². The van der Waals surface area contributed by atoms with Crippen LogP contribution in [0.4, 0.5) is 4.79 Å². The first kappa shape index (κ1) is 21.6. The molecule has 4 rings (SSSR count). The predicted molar refractivity (Wildman–Crippen MR) is 114 cm³/mol. The molecule has 7 heteroatoms. The van der Waals surface area contributed by atoms with Gasteiger partial charge in [0.15, 0.2) is 0 Å². The molecule has 3 aliphatic rings. The molecule has 7 nitrogen and oxygen atoms in total. The molecule has 0 bridgehead atoms. The number of rotatable bonds is 3. The Morgan fingerprint density at radius 2 is 1.97 bits per heavy atom. The number of carbonyl (C=O) groups is 1. The fourth-order valence-electron chi connectivity index (χ4n) is 5.60. The molecule has 0 spiro atoms. The molecule has 0 saturated carbocycles. The number of carbonyl (C=O) groups excluding carboxylic acids is 1. The van der Waals surface area contributed by atoms with Crippen molar-refractivity contribution in [1.29, 1.82) is 0 Å². The van der Waals surface area contributed by atoms with E-state index in [0.717, 1.165) is 19.3 Å². The molecule has 3 N–H and O–H groups in total. The van der Waals surface area contributed by atoms with Gasteiger partial charge < -0.3 is 25.2 Å². The van der Waals surface area contributed by atoms with Crippen molar-refractivity contribution in [3.05, 3.63) is 35.9 Å². The number of benzene rings is 1.